The lowest BCUT2D eigenvalue weighted by Crippen LogP contribution is -2.31. The molecular formula is C28H29ClN2O5. The second kappa shape index (κ2) is 9.36. The number of imide groups is 1. The molecular weight excluding hydrogens is 480 g/mol. The fourth-order valence-electron chi connectivity index (χ4n) is 5.76. The molecule has 0 bridgehead atoms. The average molecular weight is 509 g/mol. The van der Waals surface area contributed by atoms with Crippen LogP contribution in [0.4, 0.5) is 11.4 Å². The van der Waals surface area contributed by atoms with Crippen molar-refractivity contribution in [1.29, 1.82) is 0 Å². The Labute approximate surface area is 215 Å². The smallest absolute Gasteiger partial charge is 0.316 e. The van der Waals surface area contributed by atoms with E-state index in [4.69, 9.17) is 16.3 Å². The molecule has 4 atom stereocenters. The summed E-state index contributed by atoms with van der Waals surface area (Å²) in [5.74, 6) is -1.26. The minimum Gasteiger partial charge on any atom is -0.426 e. The van der Waals surface area contributed by atoms with Crippen LogP contribution in [-0.2, 0) is 19.2 Å². The summed E-state index contributed by atoms with van der Waals surface area (Å²) in [6, 6.07) is 10.3. The standard InChI is InChI=1S/C28H29ClN2O5/c1-15-7-9-20-21(11-15)27(34)31(26(20)33)23-10-8-19(12-16(23)2)36-28(35)18-13-25(32)30(14-18)24-6-4-5-22(29)17(24)3/h4-6,8,10,12,15,18,20-21H,7,9,11,13-14H2,1-3H3/t15-,18-,20-,21+/m1/s1. The molecule has 188 valence electrons. The summed E-state index contributed by atoms with van der Waals surface area (Å²) in [6.07, 6.45) is 2.50. The Bertz CT molecular complexity index is 1270. The van der Waals surface area contributed by atoms with E-state index < -0.39 is 11.9 Å². The van der Waals surface area contributed by atoms with Crippen LogP contribution in [0.15, 0.2) is 36.4 Å². The number of fused-ring (bicyclic) bond motifs is 1. The van der Waals surface area contributed by atoms with Crippen molar-refractivity contribution in [3.63, 3.8) is 0 Å². The molecule has 7 nitrogen and oxygen atoms in total. The molecule has 2 saturated heterocycles. The van der Waals surface area contributed by atoms with Crippen molar-refractivity contribution >= 4 is 46.7 Å². The number of halogens is 1. The number of rotatable bonds is 4. The highest BCUT2D eigenvalue weighted by atomic mass is 35.5. The first-order chi connectivity index (χ1) is 17.2. The van der Waals surface area contributed by atoms with Crippen molar-refractivity contribution in [3.8, 4) is 5.75 Å². The minimum atomic E-state index is -0.609. The van der Waals surface area contributed by atoms with Crippen molar-refractivity contribution in [1.82, 2.24) is 0 Å². The molecule has 0 N–H and O–H groups in total. The molecule has 36 heavy (non-hydrogen) atoms. The Balaban J connectivity index is 1.29. The van der Waals surface area contributed by atoms with Crippen LogP contribution in [0.1, 0.15) is 43.7 Å². The lowest BCUT2D eigenvalue weighted by Gasteiger charge is -2.25. The lowest BCUT2D eigenvalue weighted by molar-refractivity contribution is -0.139. The molecule has 0 unspecified atom stereocenters. The van der Waals surface area contributed by atoms with Gasteiger partial charge in [-0.1, -0.05) is 24.6 Å². The first-order valence-electron chi connectivity index (χ1n) is 12.4. The maximum absolute atomic E-state index is 13.1. The molecule has 2 aliphatic heterocycles. The molecule has 0 radical (unpaired) electrons. The molecule has 0 spiro atoms. The molecule has 3 aliphatic rings. The van der Waals surface area contributed by atoms with Gasteiger partial charge in [-0.3, -0.25) is 19.2 Å². The summed E-state index contributed by atoms with van der Waals surface area (Å²) in [5, 5.41) is 0.561. The molecule has 5 rings (SSSR count). The Morgan fingerprint density at radius 2 is 1.75 bits per heavy atom. The van der Waals surface area contributed by atoms with Gasteiger partial charge in [0.05, 0.1) is 23.4 Å². The second-order valence-electron chi connectivity index (χ2n) is 10.3. The summed E-state index contributed by atoms with van der Waals surface area (Å²) in [5.41, 5.74) is 2.68. The molecule has 8 heteroatoms. The zero-order valence-corrected chi connectivity index (χ0v) is 21.4. The number of benzene rings is 2. The highest BCUT2D eigenvalue weighted by Crippen LogP contribution is 2.43. The number of ether oxygens (including phenoxy) is 1. The normalized spacial score (nSPS) is 25.9. The second-order valence-corrected chi connectivity index (χ2v) is 10.7. The van der Waals surface area contributed by atoms with E-state index in [1.54, 1.807) is 42.2 Å². The van der Waals surface area contributed by atoms with Gasteiger partial charge in [0.2, 0.25) is 17.7 Å². The number of hydrogen-bond acceptors (Lipinski definition) is 5. The predicted octanol–water partition coefficient (Wildman–Crippen LogP) is 4.84. The fourth-order valence-corrected chi connectivity index (χ4v) is 5.93. The van der Waals surface area contributed by atoms with Crippen LogP contribution in [0.5, 0.6) is 5.75 Å². The van der Waals surface area contributed by atoms with Crippen LogP contribution in [0.25, 0.3) is 0 Å². The highest BCUT2D eigenvalue weighted by molar-refractivity contribution is 6.31. The van der Waals surface area contributed by atoms with Crippen molar-refractivity contribution in [2.24, 2.45) is 23.7 Å². The van der Waals surface area contributed by atoms with Crippen LogP contribution in [0.2, 0.25) is 5.02 Å². The average Bonchev–Trinajstić information content (AvgIpc) is 3.33. The van der Waals surface area contributed by atoms with Crippen molar-refractivity contribution in [2.45, 2.75) is 46.5 Å². The zero-order valence-electron chi connectivity index (χ0n) is 20.6. The summed E-state index contributed by atoms with van der Waals surface area (Å²) in [4.78, 5) is 54.6. The van der Waals surface area contributed by atoms with E-state index in [0.29, 0.717) is 33.6 Å². The van der Waals surface area contributed by atoms with Gasteiger partial charge in [0.1, 0.15) is 5.75 Å². The Morgan fingerprint density at radius 1 is 1.00 bits per heavy atom. The Hall–Kier alpha value is -3.19. The van der Waals surface area contributed by atoms with Gasteiger partial charge in [-0.2, -0.15) is 0 Å². The Morgan fingerprint density at radius 3 is 2.50 bits per heavy atom. The van der Waals surface area contributed by atoms with Gasteiger partial charge in [0, 0.05) is 23.7 Å². The van der Waals surface area contributed by atoms with Crippen molar-refractivity contribution in [3.05, 3.63) is 52.5 Å². The fraction of sp³-hybridized carbons (Fsp3) is 0.429. The summed E-state index contributed by atoms with van der Waals surface area (Å²) in [7, 11) is 0. The maximum atomic E-state index is 13.1. The molecule has 3 amide bonds. The largest absolute Gasteiger partial charge is 0.426 e. The number of aryl methyl sites for hydroxylation is 1. The number of carbonyl (C=O) groups is 4. The van der Waals surface area contributed by atoms with Crippen LogP contribution in [0, 0.1) is 37.5 Å². The first kappa shape index (κ1) is 24.5. The van der Waals surface area contributed by atoms with Crippen LogP contribution >= 0.6 is 11.6 Å². The predicted molar refractivity (Wildman–Crippen MR) is 136 cm³/mol. The van der Waals surface area contributed by atoms with Crippen LogP contribution < -0.4 is 14.5 Å². The van der Waals surface area contributed by atoms with Gasteiger partial charge in [-0.15, -0.1) is 0 Å². The van der Waals surface area contributed by atoms with Crippen LogP contribution in [-0.4, -0.2) is 30.2 Å². The maximum Gasteiger partial charge on any atom is 0.316 e. The number of amides is 3. The van der Waals surface area contributed by atoms with E-state index in [1.807, 2.05) is 13.0 Å². The van der Waals surface area contributed by atoms with E-state index >= 15 is 0 Å². The van der Waals surface area contributed by atoms with Gasteiger partial charge in [-0.05, 0) is 80.5 Å². The van der Waals surface area contributed by atoms with E-state index in [2.05, 4.69) is 6.92 Å². The number of anilines is 2. The van der Waals surface area contributed by atoms with E-state index in [1.165, 1.54) is 4.90 Å². The lowest BCUT2D eigenvalue weighted by atomic mass is 9.76. The molecule has 1 saturated carbocycles. The molecule has 2 aromatic carbocycles. The zero-order chi connectivity index (χ0) is 25.7. The van der Waals surface area contributed by atoms with Gasteiger partial charge in [0.15, 0.2) is 0 Å². The van der Waals surface area contributed by atoms with Crippen molar-refractivity contribution in [2.75, 3.05) is 16.3 Å². The van der Waals surface area contributed by atoms with Gasteiger partial charge >= 0.3 is 5.97 Å². The number of esters is 1. The number of carbonyl (C=O) groups excluding carboxylic acids is 4. The van der Waals surface area contributed by atoms with Crippen molar-refractivity contribution < 1.29 is 23.9 Å². The minimum absolute atomic E-state index is 0.0554. The van der Waals surface area contributed by atoms with Crippen LogP contribution in [0.3, 0.4) is 0 Å². The molecule has 1 aliphatic carbocycles. The number of hydrogen-bond donors (Lipinski definition) is 0. The monoisotopic (exact) mass is 508 g/mol. The Kier molecular flexibility index (Phi) is 6.37. The van der Waals surface area contributed by atoms with E-state index in [9.17, 15) is 19.2 Å². The third-order valence-electron chi connectivity index (χ3n) is 7.80. The van der Waals surface area contributed by atoms with E-state index in [-0.39, 0.29) is 42.5 Å². The van der Waals surface area contributed by atoms with E-state index in [0.717, 1.165) is 24.8 Å². The third-order valence-corrected chi connectivity index (χ3v) is 8.21. The SMILES string of the molecule is Cc1cc(OC(=O)[C@@H]2CC(=O)N(c3cccc(Cl)c3C)C2)ccc1N1C(=O)[C@H]2C[C@H](C)CC[C@H]2C1=O. The van der Waals surface area contributed by atoms with Gasteiger partial charge < -0.3 is 9.64 Å². The third kappa shape index (κ3) is 4.19. The molecule has 3 fully saturated rings. The highest BCUT2D eigenvalue weighted by Gasteiger charge is 2.50. The first-order valence-corrected chi connectivity index (χ1v) is 12.8. The number of nitrogens with zero attached hydrogens (tertiary/aromatic N) is 2. The summed E-state index contributed by atoms with van der Waals surface area (Å²) < 4.78 is 5.61. The molecule has 2 heterocycles. The topological polar surface area (TPSA) is 84.0 Å². The van der Waals surface area contributed by atoms with Gasteiger partial charge in [-0.25, -0.2) is 4.90 Å². The summed E-state index contributed by atoms with van der Waals surface area (Å²) in [6.45, 7) is 5.97. The molecule has 0 aromatic heterocycles. The molecule has 2 aromatic rings. The summed E-state index contributed by atoms with van der Waals surface area (Å²) >= 11 is 6.21. The van der Waals surface area contributed by atoms with Gasteiger partial charge in [0.25, 0.3) is 0 Å². The quantitative estimate of drug-likeness (QED) is 0.335.